The summed E-state index contributed by atoms with van der Waals surface area (Å²) >= 11 is 0. The molecule has 1 aromatic rings. The summed E-state index contributed by atoms with van der Waals surface area (Å²) in [6.07, 6.45) is -0.260. The monoisotopic (exact) mass is 402 g/mol. The maximum atomic E-state index is 12.3. The molecule has 7 heteroatoms. The van der Waals surface area contributed by atoms with Crippen LogP contribution in [-0.4, -0.2) is 54.7 Å². The molecule has 29 heavy (non-hydrogen) atoms. The van der Waals surface area contributed by atoms with Crippen molar-refractivity contribution in [2.45, 2.75) is 59.2 Å². The van der Waals surface area contributed by atoms with Crippen LogP contribution < -0.4 is 15.5 Å². The van der Waals surface area contributed by atoms with Gasteiger partial charge in [0.15, 0.2) is 0 Å². The second kappa shape index (κ2) is 7.86. The van der Waals surface area contributed by atoms with Crippen LogP contribution in [0.1, 0.15) is 53.1 Å². The maximum Gasteiger partial charge on any atom is 0.410 e. The van der Waals surface area contributed by atoms with Gasteiger partial charge in [0, 0.05) is 56.6 Å². The lowest BCUT2D eigenvalue weighted by molar-refractivity contribution is -0.117. The van der Waals surface area contributed by atoms with Gasteiger partial charge in [-0.3, -0.25) is 4.79 Å². The van der Waals surface area contributed by atoms with Gasteiger partial charge in [-0.25, -0.2) is 4.79 Å². The summed E-state index contributed by atoms with van der Waals surface area (Å²) < 4.78 is 5.48. The van der Waals surface area contributed by atoms with Gasteiger partial charge in [0.2, 0.25) is 5.91 Å². The van der Waals surface area contributed by atoms with E-state index >= 15 is 0 Å². The van der Waals surface area contributed by atoms with Crippen LogP contribution in [0.15, 0.2) is 18.2 Å². The number of carbonyl (C=O) groups excluding carboxylic acids is 2. The van der Waals surface area contributed by atoms with E-state index in [-0.39, 0.29) is 30.0 Å². The Hall–Kier alpha value is -2.28. The lowest BCUT2D eigenvalue weighted by Gasteiger charge is -2.43. The molecule has 2 aliphatic rings. The molecule has 3 atom stereocenters. The molecule has 0 radical (unpaired) electrons. The Morgan fingerprint density at radius 3 is 2.28 bits per heavy atom. The van der Waals surface area contributed by atoms with E-state index in [9.17, 15) is 9.59 Å². The molecular formula is C22H34N4O3. The Bertz CT molecular complexity index is 781. The topological polar surface area (TPSA) is 79.1 Å². The number of ether oxygens (including phenoxy) is 1. The van der Waals surface area contributed by atoms with E-state index in [1.165, 1.54) is 0 Å². The van der Waals surface area contributed by atoms with Crippen LogP contribution in [-0.2, 0) is 9.53 Å². The van der Waals surface area contributed by atoms with E-state index < -0.39 is 5.60 Å². The predicted octanol–water partition coefficient (Wildman–Crippen LogP) is 3.13. The van der Waals surface area contributed by atoms with Crippen LogP contribution in [0.3, 0.4) is 0 Å². The van der Waals surface area contributed by atoms with Gasteiger partial charge in [-0.2, -0.15) is 0 Å². The number of amides is 2. The number of rotatable bonds is 1. The lowest BCUT2D eigenvalue weighted by Crippen LogP contribution is -2.50. The van der Waals surface area contributed by atoms with Gasteiger partial charge in [0.05, 0.1) is 0 Å². The number of carbonyl (C=O) groups is 2. The molecule has 2 amide bonds. The molecule has 1 aromatic carbocycles. The highest BCUT2D eigenvalue weighted by Crippen LogP contribution is 2.41. The minimum Gasteiger partial charge on any atom is -0.444 e. The average molecular weight is 403 g/mol. The van der Waals surface area contributed by atoms with Gasteiger partial charge in [0.25, 0.3) is 0 Å². The van der Waals surface area contributed by atoms with E-state index in [2.05, 4.69) is 24.8 Å². The van der Waals surface area contributed by atoms with Crippen LogP contribution in [0, 0.1) is 5.92 Å². The van der Waals surface area contributed by atoms with Gasteiger partial charge in [-0.05, 0) is 57.4 Å². The van der Waals surface area contributed by atoms with Crippen LogP contribution >= 0.6 is 0 Å². The maximum absolute atomic E-state index is 12.3. The van der Waals surface area contributed by atoms with E-state index in [1.54, 1.807) is 11.8 Å². The minimum atomic E-state index is -0.487. The molecule has 0 bridgehead atoms. The summed E-state index contributed by atoms with van der Waals surface area (Å²) in [5, 5.41) is 0. The van der Waals surface area contributed by atoms with Crippen molar-refractivity contribution >= 4 is 23.4 Å². The smallest absolute Gasteiger partial charge is 0.410 e. The molecule has 160 valence electrons. The summed E-state index contributed by atoms with van der Waals surface area (Å²) in [6, 6.07) is 6.13. The van der Waals surface area contributed by atoms with Crippen molar-refractivity contribution in [3.05, 3.63) is 23.8 Å². The molecule has 0 aromatic heterocycles. The Kier molecular flexibility index (Phi) is 5.81. The molecule has 1 fully saturated rings. The molecule has 1 saturated heterocycles. The van der Waals surface area contributed by atoms with Crippen molar-refractivity contribution in [1.82, 2.24) is 4.90 Å². The van der Waals surface area contributed by atoms with Crippen molar-refractivity contribution in [2.75, 3.05) is 36.0 Å². The summed E-state index contributed by atoms with van der Waals surface area (Å²) in [6.45, 7) is 14.1. The molecule has 2 heterocycles. The molecule has 2 N–H and O–H groups in total. The van der Waals surface area contributed by atoms with E-state index in [1.807, 2.05) is 37.8 Å². The Morgan fingerprint density at radius 1 is 1.10 bits per heavy atom. The fourth-order valence-corrected chi connectivity index (χ4v) is 4.19. The second-order valence-corrected chi connectivity index (χ2v) is 9.21. The fraction of sp³-hybridized carbons (Fsp3) is 0.636. The number of piperazine rings is 1. The first-order chi connectivity index (χ1) is 13.5. The van der Waals surface area contributed by atoms with Crippen molar-refractivity contribution in [1.29, 1.82) is 0 Å². The first kappa shape index (κ1) is 21.4. The Labute approximate surface area is 173 Å². The third kappa shape index (κ3) is 4.34. The Morgan fingerprint density at radius 2 is 1.72 bits per heavy atom. The normalized spacial score (nSPS) is 24.9. The largest absolute Gasteiger partial charge is 0.444 e. The Balaban J connectivity index is 1.76. The lowest BCUT2D eigenvalue weighted by atomic mass is 9.83. The molecule has 3 unspecified atom stereocenters. The van der Waals surface area contributed by atoms with Gasteiger partial charge >= 0.3 is 6.09 Å². The zero-order valence-corrected chi connectivity index (χ0v) is 18.4. The molecule has 0 saturated carbocycles. The molecule has 3 rings (SSSR count). The van der Waals surface area contributed by atoms with Gasteiger partial charge < -0.3 is 25.2 Å². The van der Waals surface area contributed by atoms with Gasteiger partial charge in [0.1, 0.15) is 5.60 Å². The number of nitrogens with zero attached hydrogens (tertiary/aromatic N) is 3. The van der Waals surface area contributed by atoms with E-state index in [0.717, 1.165) is 30.0 Å². The molecule has 0 spiro atoms. The number of benzene rings is 1. The predicted molar refractivity (Wildman–Crippen MR) is 115 cm³/mol. The van der Waals surface area contributed by atoms with Gasteiger partial charge in [-0.15, -0.1) is 0 Å². The molecular weight excluding hydrogens is 368 g/mol. The summed E-state index contributed by atoms with van der Waals surface area (Å²) in [4.78, 5) is 30.4. The van der Waals surface area contributed by atoms with Crippen LogP contribution in [0.4, 0.5) is 16.2 Å². The quantitative estimate of drug-likeness (QED) is 0.781. The number of nitrogens with two attached hydrogens (primary N) is 1. The number of fused-ring (bicyclic) bond motifs is 1. The van der Waals surface area contributed by atoms with Crippen molar-refractivity contribution in [2.24, 2.45) is 11.7 Å². The summed E-state index contributed by atoms with van der Waals surface area (Å²) in [5.41, 5.74) is 9.05. The highest BCUT2D eigenvalue weighted by Gasteiger charge is 2.36. The first-order valence-corrected chi connectivity index (χ1v) is 10.4. The first-order valence-electron chi connectivity index (χ1n) is 10.4. The number of hydrogen-bond acceptors (Lipinski definition) is 5. The van der Waals surface area contributed by atoms with Crippen molar-refractivity contribution in [3.63, 3.8) is 0 Å². The van der Waals surface area contributed by atoms with Crippen LogP contribution in [0.25, 0.3) is 0 Å². The third-order valence-corrected chi connectivity index (χ3v) is 6.00. The molecule has 7 nitrogen and oxygen atoms in total. The van der Waals surface area contributed by atoms with Gasteiger partial charge in [-0.1, -0.05) is 6.92 Å². The number of hydrogen-bond donors (Lipinski definition) is 1. The fourth-order valence-electron chi connectivity index (χ4n) is 4.19. The van der Waals surface area contributed by atoms with Crippen molar-refractivity contribution in [3.8, 4) is 0 Å². The SMILES string of the molecule is CC(=O)N1c2ccc(N3CCN(C(=O)OC(C)(C)C)CC3)cc2C(N)C(C)C1C. The second-order valence-electron chi connectivity index (χ2n) is 9.21. The van der Waals surface area contributed by atoms with Crippen molar-refractivity contribution < 1.29 is 14.3 Å². The minimum absolute atomic E-state index is 0.0382. The highest BCUT2D eigenvalue weighted by molar-refractivity contribution is 5.94. The number of anilines is 2. The zero-order valence-electron chi connectivity index (χ0n) is 18.4. The van der Waals surface area contributed by atoms with E-state index in [0.29, 0.717) is 13.1 Å². The van der Waals surface area contributed by atoms with Crippen LogP contribution in [0.5, 0.6) is 0 Å². The zero-order chi connectivity index (χ0) is 21.5. The highest BCUT2D eigenvalue weighted by atomic mass is 16.6. The molecule has 2 aliphatic heterocycles. The average Bonchev–Trinajstić information content (AvgIpc) is 2.64. The summed E-state index contributed by atoms with van der Waals surface area (Å²) in [5.74, 6) is 0.210. The van der Waals surface area contributed by atoms with E-state index in [4.69, 9.17) is 10.5 Å². The third-order valence-electron chi connectivity index (χ3n) is 6.00. The summed E-state index contributed by atoms with van der Waals surface area (Å²) in [7, 11) is 0. The standard InChI is InChI=1S/C22H34N4O3/c1-14-15(2)26(16(3)27)19-8-7-17(13-18(19)20(14)23)24-9-11-25(12-10-24)21(28)29-22(4,5)6/h7-8,13-15,20H,9-12,23H2,1-6H3. The molecule has 0 aliphatic carbocycles. The van der Waals surface area contributed by atoms with Crippen LogP contribution in [0.2, 0.25) is 0 Å².